The largest absolute Gasteiger partial charge is 0.481 e. The Bertz CT molecular complexity index is 978. The number of amides is 2. The number of ether oxygens (including phenoxy) is 2. The average molecular weight is 394 g/mol. The van der Waals surface area contributed by atoms with Crippen molar-refractivity contribution in [2.75, 3.05) is 0 Å². The normalized spacial score (nSPS) is 11.2. The van der Waals surface area contributed by atoms with Crippen molar-refractivity contribution in [3.05, 3.63) is 90.2 Å². The number of carbonyl (C=O) groups is 2. The first-order valence-electron chi connectivity index (χ1n) is 8.86. The second-order valence-corrected chi connectivity index (χ2v) is 6.10. The predicted octanol–water partition coefficient (Wildman–Crippen LogP) is 3.85. The molecule has 0 bridgehead atoms. The van der Waals surface area contributed by atoms with E-state index in [0.717, 1.165) is 0 Å². The average Bonchev–Trinajstić information content (AvgIpc) is 2.74. The van der Waals surface area contributed by atoms with Crippen LogP contribution in [0.2, 0.25) is 0 Å². The lowest BCUT2D eigenvalue weighted by Gasteiger charge is -2.15. The van der Waals surface area contributed by atoms with Gasteiger partial charge in [0, 0.05) is 5.56 Å². The van der Waals surface area contributed by atoms with Crippen molar-refractivity contribution in [3.63, 3.8) is 0 Å². The smallest absolute Gasteiger partial charge is 0.279 e. The Morgan fingerprint density at radius 3 is 2.24 bits per heavy atom. The van der Waals surface area contributed by atoms with E-state index < -0.39 is 23.7 Å². The lowest BCUT2D eigenvalue weighted by atomic mass is 10.2. The van der Waals surface area contributed by atoms with Gasteiger partial charge in [0.25, 0.3) is 11.8 Å². The minimum absolute atomic E-state index is 0.311. The van der Waals surface area contributed by atoms with Crippen molar-refractivity contribution in [1.82, 2.24) is 10.9 Å². The second-order valence-electron chi connectivity index (χ2n) is 6.10. The molecule has 0 saturated carbocycles. The van der Waals surface area contributed by atoms with Crippen molar-refractivity contribution in [1.29, 1.82) is 0 Å². The molecule has 0 unspecified atom stereocenters. The molecule has 7 heteroatoms. The van der Waals surface area contributed by atoms with E-state index in [1.807, 2.05) is 18.2 Å². The zero-order chi connectivity index (χ0) is 20.6. The Kier molecular flexibility index (Phi) is 6.42. The van der Waals surface area contributed by atoms with Gasteiger partial charge < -0.3 is 9.47 Å². The number of para-hydroxylation sites is 1. The Labute approximate surface area is 167 Å². The first-order chi connectivity index (χ1) is 14.0. The van der Waals surface area contributed by atoms with Crippen LogP contribution in [0.5, 0.6) is 17.2 Å². The van der Waals surface area contributed by atoms with Crippen LogP contribution < -0.4 is 20.3 Å². The highest BCUT2D eigenvalue weighted by atomic mass is 19.1. The van der Waals surface area contributed by atoms with Gasteiger partial charge in [-0.2, -0.15) is 0 Å². The van der Waals surface area contributed by atoms with Crippen molar-refractivity contribution in [3.8, 4) is 17.2 Å². The number of hydrogen-bond acceptors (Lipinski definition) is 4. The van der Waals surface area contributed by atoms with Gasteiger partial charge in [-0.05, 0) is 61.5 Å². The minimum atomic E-state index is -0.895. The summed E-state index contributed by atoms with van der Waals surface area (Å²) in [6.07, 6.45) is -0.895. The number of hydrogen-bond donors (Lipinski definition) is 2. The first-order valence-corrected chi connectivity index (χ1v) is 8.86. The summed E-state index contributed by atoms with van der Waals surface area (Å²) in [5.74, 6) is 0.00450. The summed E-state index contributed by atoms with van der Waals surface area (Å²) < 4.78 is 24.0. The number of hydrazine groups is 1. The van der Waals surface area contributed by atoms with E-state index in [4.69, 9.17) is 9.47 Å². The maximum atomic E-state index is 12.9. The van der Waals surface area contributed by atoms with Crippen LogP contribution in [0, 0.1) is 5.82 Å². The molecule has 6 nitrogen and oxygen atoms in total. The van der Waals surface area contributed by atoms with Gasteiger partial charge in [0.1, 0.15) is 23.1 Å². The topological polar surface area (TPSA) is 76.7 Å². The molecule has 3 aromatic rings. The van der Waals surface area contributed by atoms with E-state index in [0.29, 0.717) is 22.8 Å². The molecule has 1 atom stereocenters. The molecular formula is C22H19FN2O4. The fourth-order valence-corrected chi connectivity index (χ4v) is 2.39. The third kappa shape index (κ3) is 5.80. The van der Waals surface area contributed by atoms with E-state index in [-0.39, 0.29) is 0 Å². The lowest BCUT2D eigenvalue weighted by molar-refractivity contribution is -0.128. The van der Waals surface area contributed by atoms with Crippen LogP contribution in [0.15, 0.2) is 78.9 Å². The summed E-state index contributed by atoms with van der Waals surface area (Å²) in [6.45, 7) is 1.51. The van der Waals surface area contributed by atoms with Crippen molar-refractivity contribution >= 4 is 11.8 Å². The van der Waals surface area contributed by atoms with Gasteiger partial charge in [-0.15, -0.1) is 0 Å². The summed E-state index contributed by atoms with van der Waals surface area (Å²) in [5.41, 5.74) is 4.95. The van der Waals surface area contributed by atoms with Crippen molar-refractivity contribution in [2.24, 2.45) is 0 Å². The molecule has 148 valence electrons. The highest BCUT2D eigenvalue weighted by Gasteiger charge is 2.16. The Balaban J connectivity index is 1.53. The molecule has 0 aliphatic rings. The zero-order valence-corrected chi connectivity index (χ0v) is 15.6. The van der Waals surface area contributed by atoms with Gasteiger partial charge in [0.05, 0.1) is 0 Å². The van der Waals surface area contributed by atoms with Crippen LogP contribution in [-0.2, 0) is 4.79 Å². The van der Waals surface area contributed by atoms with Gasteiger partial charge in [0.2, 0.25) is 0 Å². The van der Waals surface area contributed by atoms with E-state index in [1.54, 1.807) is 36.4 Å². The van der Waals surface area contributed by atoms with Crippen molar-refractivity contribution in [2.45, 2.75) is 13.0 Å². The Morgan fingerprint density at radius 1 is 0.828 bits per heavy atom. The molecule has 2 amide bonds. The first kappa shape index (κ1) is 19.9. The molecular weight excluding hydrogens is 375 g/mol. The van der Waals surface area contributed by atoms with Crippen LogP contribution in [0.4, 0.5) is 4.39 Å². The fourth-order valence-electron chi connectivity index (χ4n) is 2.39. The quantitative estimate of drug-likeness (QED) is 0.623. The minimum Gasteiger partial charge on any atom is -0.481 e. The Morgan fingerprint density at radius 2 is 1.52 bits per heavy atom. The molecule has 3 aromatic carbocycles. The Hall–Kier alpha value is -3.87. The molecule has 29 heavy (non-hydrogen) atoms. The molecule has 0 fully saturated rings. The van der Waals surface area contributed by atoms with Crippen LogP contribution in [-0.4, -0.2) is 17.9 Å². The van der Waals surface area contributed by atoms with Crippen LogP contribution >= 0.6 is 0 Å². The maximum absolute atomic E-state index is 12.9. The van der Waals surface area contributed by atoms with Crippen LogP contribution in [0.3, 0.4) is 0 Å². The highest BCUT2D eigenvalue weighted by molar-refractivity contribution is 5.96. The van der Waals surface area contributed by atoms with E-state index in [1.165, 1.54) is 31.2 Å². The molecule has 3 rings (SSSR count). The molecule has 0 saturated heterocycles. The number of halogens is 1. The van der Waals surface area contributed by atoms with E-state index in [2.05, 4.69) is 10.9 Å². The third-order valence-corrected chi connectivity index (χ3v) is 3.87. The van der Waals surface area contributed by atoms with E-state index >= 15 is 0 Å². The lowest BCUT2D eigenvalue weighted by Crippen LogP contribution is -2.47. The molecule has 0 radical (unpaired) electrons. The monoisotopic (exact) mass is 394 g/mol. The van der Waals surface area contributed by atoms with E-state index in [9.17, 15) is 14.0 Å². The summed E-state index contributed by atoms with van der Waals surface area (Å²) in [4.78, 5) is 24.4. The standard InChI is InChI=1S/C22H19FN2O4/c1-15(28-19-12-10-17(23)11-13-19)21(26)24-25-22(27)16-6-5-9-20(14-16)29-18-7-3-2-4-8-18/h2-15H,1H3,(H,24,26)(H,25,27)/t15-/m0/s1. The third-order valence-electron chi connectivity index (χ3n) is 3.87. The fraction of sp³-hybridized carbons (Fsp3) is 0.0909. The van der Waals surface area contributed by atoms with Gasteiger partial charge >= 0.3 is 0 Å². The van der Waals surface area contributed by atoms with Gasteiger partial charge in [0.15, 0.2) is 6.10 Å². The van der Waals surface area contributed by atoms with Crippen LogP contribution in [0.1, 0.15) is 17.3 Å². The summed E-state index contributed by atoms with van der Waals surface area (Å²) >= 11 is 0. The zero-order valence-electron chi connectivity index (χ0n) is 15.6. The number of carbonyl (C=O) groups excluding carboxylic acids is 2. The molecule has 0 aliphatic heterocycles. The molecule has 0 spiro atoms. The SMILES string of the molecule is C[C@H](Oc1ccc(F)cc1)C(=O)NNC(=O)c1cccc(Oc2ccccc2)c1. The van der Waals surface area contributed by atoms with Gasteiger partial charge in [-0.25, -0.2) is 4.39 Å². The van der Waals surface area contributed by atoms with Gasteiger partial charge in [-0.1, -0.05) is 24.3 Å². The summed E-state index contributed by atoms with van der Waals surface area (Å²) in [7, 11) is 0. The molecule has 0 aromatic heterocycles. The molecule has 2 N–H and O–H groups in total. The number of benzene rings is 3. The summed E-state index contributed by atoms with van der Waals surface area (Å²) in [5, 5.41) is 0. The number of rotatable bonds is 6. The maximum Gasteiger partial charge on any atom is 0.279 e. The molecule has 0 aliphatic carbocycles. The van der Waals surface area contributed by atoms with Crippen molar-refractivity contribution < 1.29 is 23.5 Å². The summed E-state index contributed by atoms with van der Waals surface area (Å²) in [6, 6.07) is 21.0. The second kappa shape index (κ2) is 9.36. The molecule has 0 heterocycles. The number of nitrogens with one attached hydrogen (secondary N) is 2. The van der Waals surface area contributed by atoms with Crippen LogP contribution in [0.25, 0.3) is 0 Å². The highest BCUT2D eigenvalue weighted by Crippen LogP contribution is 2.21. The van der Waals surface area contributed by atoms with Gasteiger partial charge in [-0.3, -0.25) is 20.4 Å². The predicted molar refractivity (Wildman–Crippen MR) is 105 cm³/mol.